The topological polar surface area (TPSA) is 49.3 Å². The van der Waals surface area contributed by atoms with E-state index < -0.39 is 29.0 Å². The van der Waals surface area contributed by atoms with Crippen molar-refractivity contribution in [2.75, 3.05) is 11.1 Å². The predicted molar refractivity (Wildman–Crippen MR) is 110 cm³/mol. The third kappa shape index (κ3) is 6.69. The van der Waals surface area contributed by atoms with Crippen LogP contribution in [0, 0.1) is 21.0 Å². The second-order valence-electron chi connectivity index (χ2n) is 6.62. The number of anilines is 1. The molecule has 0 bridgehead atoms. The quantitative estimate of drug-likeness (QED) is 0.221. The Balaban J connectivity index is 2.06. The van der Waals surface area contributed by atoms with Gasteiger partial charge in [0.25, 0.3) is 5.91 Å². The third-order valence-corrected chi connectivity index (χ3v) is 6.07. The molecule has 2 N–H and O–H groups in total. The maximum Gasteiger partial charge on any atom is 0.255 e. The van der Waals surface area contributed by atoms with Crippen LogP contribution in [0.15, 0.2) is 35.2 Å². The van der Waals surface area contributed by atoms with Gasteiger partial charge < -0.3 is 10.4 Å². The zero-order valence-corrected chi connectivity index (χ0v) is 17.8. The highest BCUT2D eigenvalue weighted by atomic mass is 127. The van der Waals surface area contributed by atoms with Crippen LogP contribution in [0.2, 0.25) is 0 Å². The van der Waals surface area contributed by atoms with E-state index in [1.54, 1.807) is 43.8 Å². The second-order valence-corrected chi connectivity index (χ2v) is 8.92. The summed E-state index contributed by atoms with van der Waals surface area (Å²) < 4.78 is 40.5. The Morgan fingerprint density at radius 3 is 2.41 bits per heavy atom. The molecule has 0 aromatic heterocycles. The number of aliphatic hydroxyl groups is 1. The Morgan fingerprint density at radius 1 is 1.19 bits per heavy atom. The van der Waals surface area contributed by atoms with Gasteiger partial charge in [-0.3, -0.25) is 4.79 Å². The number of benzene rings is 2. The Bertz CT molecular complexity index is 817. The van der Waals surface area contributed by atoms with E-state index in [-0.39, 0.29) is 5.69 Å². The highest BCUT2D eigenvalue weighted by Gasteiger charge is 2.15. The molecule has 8 heteroatoms. The number of hydrogen-bond donors (Lipinski definition) is 2. The number of carbonyl (C=O) groups is 1. The van der Waals surface area contributed by atoms with Crippen molar-refractivity contribution in [2.24, 2.45) is 0 Å². The molecule has 0 aliphatic heterocycles. The normalized spacial score (nSPS) is 11.5. The summed E-state index contributed by atoms with van der Waals surface area (Å²) in [5, 5.41) is 12.1. The van der Waals surface area contributed by atoms with Crippen LogP contribution in [0.4, 0.5) is 18.9 Å². The zero-order chi connectivity index (χ0) is 20.2. The maximum atomic E-state index is 13.3. The minimum atomic E-state index is -1.58. The molecule has 0 aliphatic carbocycles. The standard InChI is InChI=1S/C19H19F3INO2S/c1-19(2,26)6-3-7-27-16-8-11(4-5-15(16)23)18(25)24-12-9-13(20)17(22)14(21)10-12/h4-5,8-10,26H,3,6-7H2,1-2H3,(H,24,25). The van der Waals surface area contributed by atoms with E-state index in [4.69, 9.17) is 0 Å². The summed E-state index contributed by atoms with van der Waals surface area (Å²) in [4.78, 5) is 13.3. The van der Waals surface area contributed by atoms with Crippen LogP contribution in [-0.2, 0) is 0 Å². The lowest BCUT2D eigenvalue weighted by molar-refractivity contribution is 0.0706. The molecule has 0 radical (unpaired) electrons. The Morgan fingerprint density at radius 2 is 1.81 bits per heavy atom. The first-order chi connectivity index (χ1) is 12.6. The fraction of sp³-hybridized carbons (Fsp3) is 0.316. The molecule has 0 heterocycles. The largest absolute Gasteiger partial charge is 0.390 e. The van der Waals surface area contributed by atoms with Gasteiger partial charge in [-0.15, -0.1) is 11.8 Å². The molecule has 2 aromatic rings. The maximum absolute atomic E-state index is 13.3. The molecule has 0 saturated carbocycles. The van der Waals surface area contributed by atoms with Crippen molar-refractivity contribution in [1.82, 2.24) is 0 Å². The van der Waals surface area contributed by atoms with Gasteiger partial charge in [0.05, 0.1) is 5.60 Å². The van der Waals surface area contributed by atoms with Crippen molar-refractivity contribution in [3.63, 3.8) is 0 Å². The highest BCUT2D eigenvalue weighted by Crippen LogP contribution is 2.28. The van der Waals surface area contributed by atoms with Gasteiger partial charge in [0, 0.05) is 31.8 Å². The predicted octanol–water partition coefficient (Wildman–Crippen LogP) is 5.60. The fourth-order valence-electron chi connectivity index (χ4n) is 2.27. The lowest BCUT2D eigenvalue weighted by Crippen LogP contribution is -2.18. The monoisotopic (exact) mass is 509 g/mol. The fourth-order valence-corrected chi connectivity index (χ4v) is 4.00. The third-order valence-electron chi connectivity index (χ3n) is 3.63. The van der Waals surface area contributed by atoms with E-state index in [2.05, 4.69) is 27.9 Å². The van der Waals surface area contributed by atoms with Crippen LogP contribution in [0.3, 0.4) is 0 Å². The zero-order valence-electron chi connectivity index (χ0n) is 14.8. The number of halogens is 4. The van der Waals surface area contributed by atoms with Gasteiger partial charge in [-0.25, -0.2) is 13.2 Å². The molecule has 0 aliphatic rings. The molecular formula is C19H19F3INO2S. The van der Waals surface area contributed by atoms with Gasteiger partial charge >= 0.3 is 0 Å². The molecular weight excluding hydrogens is 490 g/mol. The first kappa shape index (κ1) is 22.0. The number of nitrogens with one attached hydrogen (secondary N) is 1. The first-order valence-electron chi connectivity index (χ1n) is 8.17. The van der Waals surface area contributed by atoms with Crippen LogP contribution < -0.4 is 5.32 Å². The molecule has 1 amide bonds. The number of rotatable bonds is 7. The van der Waals surface area contributed by atoms with Crippen molar-refractivity contribution in [1.29, 1.82) is 0 Å². The Labute approximate surface area is 173 Å². The lowest BCUT2D eigenvalue weighted by atomic mass is 10.0. The minimum absolute atomic E-state index is 0.158. The number of thioether (sulfide) groups is 1. The summed E-state index contributed by atoms with van der Waals surface area (Å²) in [6, 6.07) is 6.54. The number of carbonyl (C=O) groups excluding carboxylic acids is 1. The Hall–Kier alpha value is -1.26. The second kappa shape index (κ2) is 9.29. The molecule has 146 valence electrons. The van der Waals surface area contributed by atoms with Crippen LogP contribution >= 0.6 is 34.4 Å². The average Bonchev–Trinajstić information content (AvgIpc) is 2.57. The lowest BCUT2D eigenvalue weighted by Gasteiger charge is -2.16. The van der Waals surface area contributed by atoms with Gasteiger partial charge in [0.2, 0.25) is 0 Å². The molecule has 2 aromatic carbocycles. The van der Waals surface area contributed by atoms with Crippen LogP contribution in [0.25, 0.3) is 0 Å². The highest BCUT2D eigenvalue weighted by molar-refractivity contribution is 14.1. The van der Waals surface area contributed by atoms with Crippen molar-refractivity contribution in [3.8, 4) is 0 Å². The van der Waals surface area contributed by atoms with Gasteiger partial charge in [-0.2, -0.15) is 0 Å². The SMILES string of the molecule is CC(C)(O)CCCSc1cc(C(=O)Nc2cc(F)c(F)c(F)c2)ccc1I. The molecule has 0 saturated heterocycles. The summed E-state index contributed by atoms with van der Waals surface area (Å²) in [7, 11) is 0. The summed E-state index contributed by atoms with van der Waals surface area (Å²) in [5.74, 6) is -4.08. The van der Waals surface area contributed by atoms with E-state index in [0.717, 1.165) is 32.8 Å². The molecule has 0 atom stereocenters. The van der Waals surface area contributed by atoms with Gasteiger partial charge in [-0.1, -0.05) is 0 Å². The van der Waals surface area contributed by atoms with Crippen molar-refractivity contribution in [3.05, 3.63) is 56.9 Å². The van der Waals surface area contributed by atoms with Crippen LogP contribution in [-0.4, -0.2) is 22.4 Å². The number of amides is 1. The van der Waals surface area contributed by atoms with Crippen LogP contribution in [0.5, 0.6) is 0 Å². The van der Waals surface area contributed by atoms with E-state index in [1.807, 2.05) is 0 Å². The summed E-state index contributed by atoms with van der Waals surface area (Å²) in [5.41, 5.74) is -0.547. The van der Waals surface area contributed by atoms with E-state index in [0.29, 0.717) is 12.0 Å². The van der Waals surface area contributed by atoms with Crippen molar-refractivity contribution in [2.45, 2.75) is 37.2 Å². The first-order valence-corrected chi connectivity index (χ1v) is 10.2. The van der Waals surface area contributed by atoms with Gasteiger partial charge in [0.1, 0.15) is 0 Å². The Kier molecular flexibility index (Phi) is 7.58. The molecule has 3 nitrogen and oxygen atoms in total. The van der Waals surface area contributed by atoms with Crippen molar-refractivity contribution < 1.29 is 23.1 Å². The molecule has 0 fully saturated rings. The van der Waals surface area contributed by atoms with E-state index in [1.165, 1.54) is 0 Å². The van der Waals surface area contributed by atoms with E-state index in [9.17, 15) is 23.1 Å². The molecule has 0 spiro atoms. The average molecular weight is 509 g/mol. The molecule has 27 heavy (non-hydrogen) atoms. The summed E-state index contributed by atoms with van der Waals surface area (Å²) >= 11 is 3.73. The van der Waals surface area contributed by atoms with Crippen LogP contribution in [0.1, 0.15) is 37.0 Å². The molecule has 2 rings (SSSR count). The van der Waals surface area contributed by atoms with Crippen molar-refractivity contribution >= 4 is 45.9 Å². The summed E-state index contributed by atoms with van der Waals surface area (Å²) in [6.07, 6.45) is 1.48. The van der Waals surface area contributed by atoms with E-state index >= 15 is 0 Å². The smallest absolute Gasteiger partial charge is 0.255 e. The van der Waals surface area contributed by atoms with Gasteiger partial charge in [-0.05, 0) is 73.2 Å². The summed E-state index contributed by atoms with van der Waals surface area (Å²) in [6.45, 7) is 3.51. The minimum Gasteiger partial charge on any atom is -0.390 e. The van der Waals surface area contributed by atoms with Gasteiger partial charge in [0.15, 0.2) is 17.5 Å². The molecule has 0 unspecified atom stereocenters. The number of hydrogen-bond acceptors (Lipinski definition) is 3.